The first kappa shape index (κ1) is 17.0. The molecule has 2 atom stereocenters. The Kier molecular flexibility index (Phi) is 5.88. The molecule has 1 aliphatic rings. The first-order valence-corrected chi connectivity index (χ1v) is 8.00. The molecule has 1 N–H and O–H groups in total. The Morgan fingerprint density at radius 3 is 2.32 bits per heavy atom. The van der Waals surface area contributed by atoms with E-state index >= 15 is 0 Å². The van der Waals surface area contributed by atoms with Crippen LogP contribution in [-0.4, -0.2) is 23.8 Å². The Morgan fingerprint density at radius 1 is 1.26 bits per heavy atom. The van der Waals surface area contributed by atoms with Crippen LogP contribution in [0.25, 0.3) is 0 Å². The lowest BCUT2D eigenvalue weighted by Crippen LogP contribution is -2.40. The van der Waals surface area contributed by atoms with Crippen LogP contribution in [0.5, 0.6) is 0 Å². The molecule has 0 aromatic carbocycles. The van der Waals surface area contributed by atoms with Gasteiger partial charge in [-0.15, -0.1) is 0 Å². The summed E-state index contributed by atoms with van der Waals surface area (Å²) >= 11 is 0. The van der Waals surface area contributed by atoms with Gasteiger partial charge in [0.25, 0.3) is 0 Å². The lowest BCUT2D eigenvalue weighted by molar-refractivity contribution is -0.0257. The third kappa shape index (κ3) is 7.31. The molecule has 1 rings (SSSR count). The predicted molar refractivity (Wildman–Crippen MR) is 83.5 cm³/mol. The topological polar surface area (TPSA) is 21.3 Å². The van der Waals surface area contributed by atoms with Crippen molar-refractivity contribution >= 4 is 0 Å². The van der Waals surface area contributed by atoms with Crippen LogP contribution >= 0.6 is 0 Å². The van der Waals surface area contributed by atoms with E-state index in [1.807, 2.05) is 0 Å². The van der Waals surface area contributed by atoms with E-state index in [1.165, 1.54) is 25.7 Å². The molecule has 2 nitrogen and oxygen atoms in total. The second kappa shape index (κ2) is 6.58. The summed E-state index contributed by atoms with van der Waals surface area (Å²) in [5, 5.41) is 3.67. The van der Waals surface area contributed by atoms with Crippen molar-refractivity contribution in [2.24, 2.45) is 11.8 Å². The largest absolute Gasteiger partial charge is 0.372 e. The van der Waals surface area contributed by atoms with Gasteiger partial charge in [0.05, 0.1) is 11.7 Å². The number of rotatable bonds is 6. The van der Waals surface area contributed by atoms with Crippen molar-refractivity contribution < 1.29 is 4.74 Å². The van der Waals surface area contributed by atoms with Gasteiger partial charge in [-0.25, -0.2) is 0 Å². The molecule has 1 saturated heterocycles. The highest BCUT2D eigenvalue weighted by molar-refractivity contribution is 4.83. The molecule has 0 amide bonds. The Morgan fingerprint density at radius 2 is 1.89 bits per heavy atom. The van der Waals surface area contributed by atoms with Crippen LogP contribution in [0.3, 0.4) is 0 Å². The zero-order valence-corrected chi connectivity index (χ0v) is 14.2. The summed E-state index contributed by atoms with van der Waals surface area (Å²) in [5.74, 6) is 1.50. The van der Waals surface area contributed by atoms with Gasteiger partial charge in [-0.2, -0.15) is 0 Å². The Labute approximate surface area is 120 Å². The van der Waals surface area contributed by atoms with Crippen molar-refractivity contribution in [3.05, 3.63) is 0 Å². The zero-order chi connectivity index (χ0) is 14.7. The van der Waals surface area contributed by atoms with E-state index in [0.717, 1.165) is 18.4 Å². The van der Waals surface area contributed by atoms with E-state index in [0.29, 0.717) is 6.10 Å². The van der Waals surface area contributed by atoms with Crippen LogP contribution in [0.1, 0.15) is 74.1 Å². The van der Waals surface area contributed by atoms with Gasteiger partial charge in [0.15, 0.2) is 0 Å². The molecule has 0 aromatic heterocycles. The van der Waals surface area contributed by atoms with Gasteiger partial charge in [0, 0.05) is 5.54 Å². The lowest BCUT2D eigenvalue weighted by Gasteiger charge is -2.28. The summed E-state index contributed by atoms with van der Waals surface area (Å²) in [5.41, 5.74) is 0.315. The van der Waals surface area contributed by atoms with Gasteiger partial charge in [-0.3, -0.25) is 0 Å². The van der Waals surface area contributed by atoms with Crippen LogP contribution in [0.4, 0.5) is 0 Å². The summed E-state index contributed by atoms with van der Waals surface area (Å²) in [6.45, 7) is 16.9. The average Bonchev–Trinajstić information content (AvgIpc) is 2.52. The van der Waals surface area contributed by atoms with Crippen LogP contribution in [0.2, 0.25) is 0 Å². The fourth-order valence-corrected chi connectivity index (χ4v) is 3.00. The van der Waals surface area contributed by atoms with Crippen LogP contribution in [0, 0.1) is 11.8 Å². The van der Waals surface area contributed by atoms with E-state index in [2.05, 4.69) is 53.8 Å². The second-order valence-corrected chi connectivity index (χ2v) is 8.40. The Bertz CT molecular complexity index is 265. The summed E-state index contributed by atoms with van der Waals surface area (Å²) in [6.07, 6.45) is 5.42. The maximum absolute atomic E-state index is 6.17. The molecule has 0 saturated carbocycles. The summed E-state index contributed by atoms with van der Waals surface area (Å²) in [6, 6.07) is 0. The van der Waals surface area contributed by atoms with Crippen molar-refractivity contribution in [1.29, 1.82) is 0 Å². The summed E-state index contributed by atoms with van der Waals surface area (Å²) < 4.78 is 6.17. The molecule has 0 radical (unpaired) electrons. The number of ether oxygens (including phenoxy) is 1. The highest BCUT2D eigenvalue weighted by Crippen LogP contribution is 2.33. The maximum atomic E-state index is 6.17. The molecule has 2 heteroatoms. The molecule has 0 bridgehead atoms. The summed E-state index contributed by atoms with van der Waals surface area (Å²) in [7, 11) is 0. The zero-order valence-electron chi connectivity index (χ0n) is 14.2. The number of nitrogens with one attached hydrogen (secondary N) is 1. The summed E-state index contributed by atoms with van der Waals surface area (Å²) in [4.78, 5) is 0. The minimum Gasteiger partial charge on any atom is -0.372 e. The van der Waals surface area contributed by atoms with Crippen molar-refractivity contribution in [3.63, 3.8) is 0 Å². The lowest BCUT2D eigenvalue weighted by atomic mass is 9.90. The molecule has 19 heavy (non-hydrogen) atoms. The van der Waals surface area contributed by atoms with E-state index in [-0.39, 0.29) is 11.1 Å². The fourth-order valence-electron chi connectivity index (χ4n) is 3.00. The van der Waals surface area contributed by atoms with E-state index in [1.54, 1.807) is 0 Å². The molecule has 2 unspecified atom stereocenters. The minimum atomic E-state index is 0.102. The van der Waals surface area contributed by atoms with Gasteiger partial charge in [0.1, 0.15) is 0 Å². The third-order valence-electron chi connectivity index (χ3n) is 3.88. The van der Waals surface area contributed by atoms with Crippen molar-refractivity contribution in [1.82, 2.24) is 5.32 Å². The first-order valence-electron chi connectivity index (χ1n) is 8.00. The van der Waals surface area contributed by atoms with Crippen molar-refractivity contribution in [2.45, 2.75) is 91.4 Å². The quantitative estimate of drug-likeness (QED) is 0.772. The Balaban J connectivity index is 2.45. The monoisotopic (exact) mass is 269 g/mol. The third-order valence-corrected chi connectivity index (χ3v) is 3.88. The van der Waals surface area contributed by atoms with Gasteiger partial charge in [-0.1, -0.05) is 13.8 Å². The van der Waals surface area contributed by atoms with Gasteiger partial charge < -0.3 is 10.1 Å². The van der Waals surface area contributed by atoms with Crippen molar-refractivity contribution in [2.75, 3.05) is 6.54 Å². The van der Waals surface area contributed by atoms with E-state index < -0.39 is 0 Å². The molecule has 0 spiro atoms. The van der Waals surface area contributed by atoms with Crippen molar-refractivity contribution in [3.8, 4) is 0 Å². The SMILES string of the molecule is CC(C)CC(CNC(C)(C)C)CC1CCC(C)(C)O1. The van der Waals surface area contributed by atoms with E-state index in [9.17, 15) is 0 Å². The molecular formula is C17H35NO. The molecule has 1 heterocycles. The molecular weight excluding hydrogens is 234 g/mol. The molecule has 1 fully saturated rings. The van der Waals surface area contributed by atoms with Gasteiger partial charge in [0.2, 0.25) is 0 Å². The molecule has 0 aromatic rings. The highest BCUT2D eigenvalue weighted by atomic mass is 16.5. The second-order valence-electron chi connectivity index (χ2n) is 8.40. The molecule has 114 valence electrons. The smallest absolute Gasteiger partial charge is 0.0631 e. The Hall–Kier alpha value is -0.0800. The minimum absolute atomic E-state index is 0.102. The molecule has 1 aliphatic heterocycles. The predicted octanol–water partition coefficient (Wildman–Crippen LogP) is 4.38. The normalized spacial score (nSPS) is 24.9. The van der Waals surface area contributed by atoms with E-state index in [4.69, 9.17) is 4.74 Å². The van der Waals surface area contributed by atoms with Crippen LogP contribution in [-0.2, 0) is 4.74 Å². The average molecular weight is 269 g/mol. The first-order chi connectivity index (χ1) is 8.57. The van der Waals surface area contributed by atoms with Crippen LogP contribution in [0.15, 0.2) is 0 Å². The number of hydrogen-bond donors (Lipinski definition) is 1. The standard InChI is InChI=1S/C17H35NO/c1-13(2)10-14(12-18-16(3,4)5)11-15-8-9-17(6,7)19-15/h13-15,18H,8-12H2,1-7H3. The van der Waals surface area contributed by atoms with Gasteiger partial charge in [-0.05, 0) is 78.7 Å². The fraction of sp³-hybridized carbons (Fsp3) is 1.00. The number of hydrogen-bond acceptors (Lipinski definition) is 2. The van der Waals surface area contributed by atoms with Gasteiger partial charge >= 0.3 is 0 Å². The highest BCUT2D eigenvalue weighted by Gasteiger charge is 2.33. The molecule has 0 aliphatic carbocycles. The van der Waals surface area contributed by atoms with Crippen LogP contribution < -0.4 is 5.32 Å². The maximum Gasteiger partial charge on any atom is 0.0631 e.